The molecule has 11 nitrogen and oxygen atoms in total. The van der Waals surface area contributed by atoms with Crippen LogP contribution < -0.4 is 29.1 Å². The lowest BCUT2D eigenvalue weighted by atomic mass is 9.94. The molecule has 1 atom stereocenters. The Hall–Kier alpha value is -4.45. The molecule has 0 bridgehead atoms. The van der Waals surface area contributed by atoms with Gasteiger partial charge in [-0.2, -0.15) is 0 Å². The molecule has 1 aliphatic heterocycles. The summed E-state index contributed by atoms with van der Waals surface area (Å²) < 4.78 is 23.6. The monoisotopic (exact) mass is 553 g/mol. The fourth-order valence-corrected chi connectivity index (χ4v) is 5.43. The molecule has 1 aromatic heterocycles. The van der Waals surface area contributed by atoms with Gasteiger partial charge in [0.25, 0.3) is 5.56 Å². The third-order valence-corrected chi connectivity index (χ3v) is 7.01. The second-order valence-electron chi connectivity index (χ2n) is 8.30. The second-order valence-corrected chi connectivity index (χ2v) is 9.31. The van der Waals surface area contributed by atoms with Crippen LogP contribution in [0, 0.1) is 10.1 Å². The van der Waals surface area contributed by atoms with Gasteiger partial charge < -0.3 is 18.9 Å². The highest BCUT2D eigenvalue weighted by molar-refractivity contribution is 7.07. The van der Waals surface area contributed by atoms with Gasteiger partial charge in [-0.25, -0.2) is 9.79 Å². The van der Waals surface area contributed by atoms with Crippen LogP contribution in [0.25, 0.3) is 6.08 Å². The Morgan fingerprint density at radius 1 is 1.15 bits per heavy atom. The third kappa shape index (κ3) is 5.15. The van der Waals surface area contributed by atoms with E-state index in [9.17, 15) is 19.7 Å². The van der Waals surface area contributed by atoms with E-state index >= 15 is 0 Å². The number of fused-ring (bicyclic) bond motifs is 1. The molecule has 1 aliphatic rings. The summed E-state index contributed by atoms with van der Waals surface area (Å²) in [6.45, 7) is 5.66. The van der Waals surface area contributed by atoms with Crippen LogP contribution in [-0.4, -0.2) is 42.9 Å². The maximum atomic E-state index is 13.9. The predicted octanol–water partition coefficient (Wildman–Crippen LogP) is 3.12. The number of hydrogen-bond acceptors (Lipinski definition) is 10. The van der Waals surface area contributed by atoms with Crippen molar-refractivity contribution >= 4 is 29.1 Å². The number of ether oxygens (including phenoxy) is 4. The van der Waals surface area contributed by atoms with E-state index in [0.717, 1.165) is 11.3 Å². The molecule has 0 amide bonds. The van der Waals surface area contributed by atoms with Gasteiger partial charge in [0.05, 0.1) is 48.2 Å². The number of benzene rings is 2. The highest BCUT2D eigenvalue weighted by Gasteiger charge is 2.36. The second kappa shape index (κ2) is 11.5. The Labute approximate surface area is 227 Å². The van der Waals surface area contributed by atoms with E-state index in [2.05, 4.69) is 4.99 Å². The fourth-order valence-electron chi connectivity index (χ4n) is 4.38. The van der Waals surface area contributed by atoms with Crippen molar-refractivity contribution in [1.82, 2.24) is 4.57 Å². The lowest BCUT2D eigenvalue weighted by Crippen LogP contribution is -2.40. The van der Waals surface area contributed by atoms with Crippen molar-refractivity contribution < 1.29 is 28.7 Å². The van der Waals surface area contributed by atoms with Gasteiger partial charge >= 0.3 is 11.7 Å². The van der Waals surface area contributed by atoms with E-state index in [1.165, 1.54) is 30.9 Å². The largest absolute Gasteiger partial charge is 0.493 e. The summed E-state index contributed by atoms with van der Waals surface area (Å²) in [5.41, 5.74) is 0.905. The lowest BCUT2D eigenvalue weighted by Gasteiger charge is -2.26. The summed E-state index contributed by atoms with van der Waals surface area (Å²) in [4.78, 5) is 42.9. The summed E-state index contributed by atoms with van der Waals surface area (Å²) >= 11 is 1.11. The number of allylic oxidation sites excluding steroid dienone is 1. The predicted molar refractivity (Wildman–Crippen MR) is 144 cm³/mol. The molecular formula is C27H27N3O8S. The number of carbonyl (C=O) groups is 1. The number of methoxy groups -OCH3 is 2. The number of esters is 1. The molecule has 0 aliphatic carbocycles. The number of nitro groups is 1. The Bertz CT molecular complexity index is 1650. The molecule has 0 N–H and O–H groups in total. The molecular weight excluding hydrogens is 526 g/mol. The summed E-state index contributed by atoms with van der Waals surface area (Å²) in [6, 6.07) is 8.75. The van der Waals surface area contributed by atoms with Gasteiger partial charge in [-0.05, 0) is 44.5 Å². The van der Waals surface area contributed by atoms with Crippen LogP contribution in [0.2, 0.25) is 0 Å². The average Bonchev–Trinajstić information content (AvgIpc) is 3.22. The number of para-hydroxylation sites is 1. The minimum absolute atomic E-state index is 0.106. The molecule has 2 aromatic carbocycles. The standard InChI is InChI=1S/C27H27N3O8S/c1-6-37-24-17(9-8-10-20(24)36-5)23-22(26(32)38-7-2)15(3)28-27-29(23)25(31)21(39-27)14-16-11-12-19(35-4)18(13-16)30(33)34/h8-14,23H,6-7H2,1-5H3/b21-14+/t23-/m0/s1. The maximum absolute atomic E-state index is 13.9. The molecule has 204 valence electrons. The summed E-state index contributed by atoms with van der Waals surface area (Å²) in [5, 5.41) is 11.5. The van der Waals surface area contributed by atoms with Crippen molar-refractivity contribution in [2.45, 2.75) is 26.8 Å². The zero-order valence-electron chi connectivity index (χ0n) is 22.0. The number of carbonyl (C=O) groups excluding carboxylic acids is 1. The first kappa shape index (κ1) is 27.6. The number of thiazole rings is 1. The van der Waals surface area contributed by atoms with Gasteiger partial charge in [0, 0.05) is 11.6 Å². The molecule has 4 rings (SSSR count). The number of nitro benzene ring substituents is 1. The molecule has 12 heteroatoms. The molecule has 0 saturated heterocycles. The molecule has 0 unspecified atom stereocenters. The van der Waals surface area contributed by atoms with E-state index in [4.69, 9.17) is 18.9 Å². The lowest BCUT2D eigenvalue weighted by molar-refractivity contribution is -0.385. The van der Waals surface area contributed by atoms with Gasteiger partial charge in [0.2, 0.25) is 0 Å². The van der Waals surface area contributed by atoms with Crippen LogP contribution in [0.3, 0.4) is 0 Å². The van der Waals surface area contributed by atoms with Crippen LogP contribution in [0.15, 0.2) is 57.5 Å². The molecule has 0 saturated carbocycles. The van der Waals surface area contributed by atoms with Gasteiger partial charge in [-0.1, -0.05) is 29.5 Å². The molecule has 0 spiro atoms. The number of rotatable bonds is 9. The van der Waals surface area contributed by atoms with E-state index < -0.39 is 22.5 Å². The van der Waals surface area contributed by atoms with Crippen LogP contribution in [-0.2, 0) is 9.53 Å². The highest BCUT2D eigenvalue weighted by Crippen LogP contribution is 2.40. The van der Waals surface area contributed by atoms with Crippen molar-refractivity contribution in [3.8, 4) is 17.2 Å². The van der Waals surface area contributed by atoms with Crippen molar-refractivity contribution in [1.29, 1.82) is 0 Å². The molecule has 0 fully saturated rings. The van der Waals surface area contributed by atoms with Gasteiger partial charge in [0.1, 0.15) is 6.04 Å². The van der Waals surface area contributed by atoms with Crippen LogP contribution >= 0.6 is 11.3 Å². The summed E-state index contributed by atoms with van der Waals surface area (Å²) in [6.07, 6.45) is 1.55. The molecule has 2 heterocycles. The minimum atomic E-state index is -0.913. The van der Waals surface area contributed by atoms with Crippen molar-refractivity contribution in [2.24, 2.45) is 4.99 Å². The summed E-state index contributed by atoms with van der Waals surface area (Å²) in [5.74, 6) is 0.341. The van der Waals surface area contributed by atoms with E-state index in [-0.39, 0.29) is 28.1 Å². The number of nitrogens with zero attached hydrogens (tertiary/aromatic N) is 3. The summed E-state index contributed by atoms with van der Waals surface area (Å²) in [7, 11) is 2.85. The van der Waals surface area contributed by atoms with Gasteiger partial charge in [-0.15, -0.1) is 0 Å². The van der Waals surface area contributed by atoms with Crippen molar-refractivity contribution in [3.05, 3.63) is 88.6 Å². The smallest absolute Gasteiger partial charge is 0.338 e. The van der Waals surface area contributed by atoms with Gasteiger partial charge in [-0.3, -0.25) is 19.5 Å². The van der Waals surface area contributed by atoms with Crippen LogP contribution in [0.4, 0.5) is 5.69 Å². The van der Waals surface area contributed by atoms with Crippen LogP contribution in [0.1, 0.15) is 37.9 Å². The molecule has 0 radical (unpaired) electrons. The zero-order valence-corrected chi connectivity index (χ0v) is 22.9. The van der Waals surface area contributed by atoms with Crippen LogP contribution in [0.5, 0.6) is 17.2 Å². The average molecular weight is 554 g/mol. The first-order chi connectivity index (χ1) is 18.7. The first-order valence-electron chi connectivity index (χ1n) is 12.1. The number of hydrogen-bond donors (Lipinski definition) is 0. The number of aromatic nitrogens is 1. The van der Waals surface area contributed by atoms with E-state index in [1.54, 1.807) is 44.2 Å². The Kier molecular flexibility index (Phi) is 8.15. The quantitative estimate of drug-likeness (QED) is 0.224. The Balaban J connectivity index is 2.00. The maximum Gasteiger partial charge on any atom is 0.338 e. The third-order valence-electron chi connectivity index (χ3n) is 6.03. The normalized spacial score (nSPS) is 14.9. The highest BCUT2D eigenvalue weighted by atomic mass is 32.1. The Morgan fingerprint density at radius 3 is 2.54 bits per heavy atom. The van der Waals surface area contributed by atoms with E-state index in [0.29, 0.717) is 39.7 Å². The minimum Gasteiger partial charge on any atom is -0.493 e. The van der Waals surface area contributed by atoms with Crippen molar-refractivity contribution in [3.63, 3.8) is 0 Å². The SMILES string of the molecule is CCOC(=O)C1=C(C)N=c2s/c(=C/c3ccc(OC)c([N+](=O)[O-])c3)c(=O)n2[C@H]1c1cccc(OC)c1OCC. The zero-order chi connectivity index (χ0) is 28.3. The molecule has 3 aromatic rings. The van der Waals surface area contributed by atoms with E-state index in [1.807, 2.05) is 6.92 Å². The fraction of sp³-hybridized carbons (Fsp3) is 0.296. The molecule has 39 heavy (non-hydrogen) atoms. The Morgan fingerprint density at radius 2 is 1.90 bits per heavy atom. The van der Waals surface area contributed by atoms with Crippen molar-refractivity contribution in [2.75, 3.05) is 27.4 Å². The topological polar surface area (TPSA) is 131 Å². The van der Waals surface area contributed by atoms with Gasteiger partial charge in [0.15, 0.2) is 22.0 Å². The first-order valence-corrected chi connectivity index (χ1v) is 12.9.